The van der Waals surface area contributed by atoms with E-state index in [4.69, 9.17) is 27.9 Å². The number of carbonyl (C=O) groups is 3. The Labute approximate surface area is 200 Å². The molecule has 1 fully saturated rings. The Kier molecular flexibility index (Phi) is 6.49. The number of nitrogens with one attached hydrogen (secondary N) is 1. The van der Waals surface area contributed by atoms with Crippen LogP contribution in [-0.4, -0.2) is 17.8 Å². The van der Waals surface area contributed by atoms with Crippen molar-refractivity contribution in [3.05, 3.63) is 99.0 Å². The van der Waals surface area contributed by atoms with Crippen LogP contribution < -0.4 is 15.0 Å². The topological polar surface area (TPSA) is 75.7 Å². The number of anilines is 1. The fourth-order valence-corrected chi connectivity index (χ4v) is 3.83. The molecule has 33 heavy (non-hydrogen) atoms. The number of halogens is 2. The maximum atomic E-state index is 13.0. The van der Waals surface area contributed by atoms with E-state index < -0.39 is 17.8 Å². The molecule has 0 aliphatic carbocycles. The highest BCUT2D eigenvalue weighted by Crippen LogP contribution is 2.29. The molecule has 3 aromatic carbocycles. The van der Waals surface area contributed by atoms with Crippen molar-refractivity contribution in [3.8, 4) is 5.75 Å². The van der Waals surface area contributed by atoms with Crippen LogP contribution in [0.2, 0.25) is 10.0 Å². The molecule has 166 valence electrons. The molecular formula is C25H18Cl2N2O4. The van der Waals surface area contributed by atoms with Crippen molar-refractivity contribution in [3.63, 3.8) is 0 Å². The van der Waals surface area contributed by atoms with Gasteiger partial charge in [0, 0.05) is 5.02 Å². The van der Waals surface area contributed by atoms with Crippen LogP contribution in [0.15, 0.2) is 72.3 Å². The largest absolute Gasteiger partial charge is 0.487 e. The number of benzene rings is 3. The third-order valence-corrected chi connectivity index (χ3v) is 5.54. The van der Waals surface area contributed by atoms with Gasteiger partial charge in [0.25, 0.3) is 11.8 Å². The fourth-order valence-electron chi connectivity index (χ4n) is 3.37. The lowest BCUT2D eigenvalue weighted by Crippen LogP contribution is -2.54. The molecule has 0 radical (unpaired) electrons. The summed E-state index contributed by atoms with van der Waals surface area (Å²) < 4.78 is 5.76. The second kappa shape index (κ2) is 9.48. The molecular weight excluding hydrogens is 463 g/mol. The van der Waals surface area contributed by atoms with Gasteiger partial charge in [0.05, 0.1) is 10.7 Å². The lowest BCUT2D eigenvalue weighted by Gasteiger charge is -2.27. The molecule has 1 heterocycles. The fraction of sp³-hybridized carbons (Fsp3) is 0.0800. The summed E-state index contributed by atoms with van der Waals surface area (Å²) in [7, 11) is 0. The maximum Gasteiger partial charge on any atom is 0.335 e. The number of hydrogen-bond acceptors (Lipinski definition) is 4. The van der Waals surface area contributed by atoms with Crippen LogP contribution in [0.1, 0.15) is 16.7 Å². The number of nitrogens with zero attached hydrogens (tertiary/aromatic N) is 1. The summed E-state index contributed by atoms with van der Waals surface area (Å²) in [5.41, 5.74) is 2.34. The predicted molar refractivity (Wildman–Crippen MR) is 127 cm³/mol. The van der Waals surface area contributed by atoms with Gasteiger partial charge in [-0.05, 0) is 60.0 Å². The highest BCUT2D eigenvalue weighted by Gasteiger charge is 2.37. The minimum atomic E-state index is -0.792. The molecule has 3 aromatic rings. The highest BCUT2D eigenvalue weighted by molar-refractivity contribution is 6.39. The van der Waals surface area contributed by atoms with Gasteiger partial charge in [-0.1, -0.05) is 59.6 Å². The third kappa shape index (κ3) is 4.92. The van der Waals surface area contributed by atoms with E-state index in [1.165, 1.54) is 6.08 Å². The van der Waals surface area contributed by atoms with E-state index in [9.17, 15) is 14.4 Å². The minimum Gasteiger partial charge on any atom is -0.487 e. The average molecular weight is 481 g/mol. The summed E-state index contributed by atoms with van der Waals surface area (Å²) in [6, 6.07) is 18.3. The Hall–Kier alpha value is -3.61. The monoisotopic (exact) mass is 480 g/mol. The smallest absolute Gasteiger partial charge is 0.335 e. The van der Waals surface area contributed by atoms with Gasteiger partial charge < -0.3 is 4.74 Å². The van der Waals surface area contributed by atoms with Crippen LogP contribution in [-0.2, 0) is 16.2 Å². The van der Waals surface area contributed by atoms with Crippen molar-refractivity contribution in [1.82, 2.24) is 5.32 Å². The van der Waals surface area contributed by atoms with E-state index >= 15 is 0 Å². The number of carbonyl (C=O) groups excluding carboxylic acids is 3. The van der Waals surface area contributed by atoms with Gasteiger partial charge in [0.15, 0.2) is 0 Å². The number of rotatable bonds is 5. The van der Waals surface area contributed by atoms with Gasteiger partial charge >= 0.3 is 6.03 Å². The molecule has 4 amide bonds. The Morgan fingerprint density at radius 1 is 0.970 bits per heavy atom. The van der Waals surface area contributed by atoms with Gasteiger partial charge in [0.2, 0.25) is 0 Å². The molecule has 0 atom stereocenters. The van der Waals surface area contributed by atoms with E-state index in [2.05, 4.69) is 5.32 Å². The van der Waals surface area contributed by atoms with Crippen LogP contribution in [0.4, 0.5) is 10.5 Å². The van der Waals surface area contributed by atoms with Crippen molar-refractivity contribution < 1.29 is 19.1 Å². The summed E-state index contributed by atoms with van der Waals surface area (Å²) in [4.78, 5) is 38.8. The van der Waals surface area contributed by atoms with Crippen LogP contribution >= 0.6 is 23.2 Å². The SMILES string of the molecule is Cc1ccccc1N1C(=O)NC(=O)/C(=C\c2ccc(OCc3cccc(Cl)c3)c(Cl)c2)C1=O. The first-order valence-corrected chi connectivity index (χ1v) is 10.7. The predicted octanol–water partition coefficient (Wildman–Crippen LogP) is 5.55. The van der Waals surface area contributed by atoms with Crippen LogP contribution in [0.3, 0.4) is 0 Å². The Balaban J connectivity index is 1.57. The number of amides is 4. The maximum absolute atomic E-state index is 13.0. The summed E-state index contributed by atoms with van der Waals surface area (Å²) in [5.74, 6) is -1.04. The number of barbiturate groups is 1. The van der Waals surface area contributed by atoms with Gasteiger partial charge in [0.1, 0.15) is 17.9 Å². The van der Waals surface area contributed by atoms with Crippen molar-refractivity contribution in [1.29, 1.82) is 0 Å². The summed E-state index contributed by atoms with van der Waals surface area (Å²) in [6.07, 6.45) is 1.39. The van der Waals surface area contributed by atoms with Gasteiger partial charge in [-0.2, -0.15) is 0 Å². The van der Waals surface area contributed by atoms with Crippen LogP contribution in [0.25, 0.3) is 6.08 Å². The molecule has 0 unspecified atom stereocenters. The molecule has 0 bridgehead atoms. The second-order valence-electron chi connectivity index (χ2n) is 7.35. The number of imide groups is 2. The zero-order valence-corrected chi connectivity index (χ0v) is 19.0. The van der Waals surface area contributed by atoms with Gasteiger partial charge in [-0.15, -0.1) is 0 Å². The summed E-state index contributed by atoms with van der Waals surface area (Å²) in [5, 5.41) is 3.13. The van der Waals surface area contributed by atoms with Gasteiger partial charge in [-0.25, -0.2) is 9.69 Å². The molecule has 1 aliphatic heterocycles. The first-order valence-electron chi connectivity index (χ1n) is 9.97. The highest BCUT2D eigenvalue weighted by atomic mass is 35.5. The van der Waals surface area contributed by atoms with E-state index in [0.717, 1.165) is 16.0 Å². The van der Waals surface area contributed by atoms with E-state index in [1.54, 1.807) is 61.5 Å². The molecule has 1 N–H and O–H groups in total. The van der Waals surface area contributed by atoms with E-state index in [0.29, 0.717) is 27.0 Å². The molecule has 0 aromatic heterocycles. The van der Waals surface area contributed by atoms with Crippen LogP contribution in [0.5, 0.6) is 5.75 Å². The standard InChI is InChI=1S/C25H18Cl2N2O4/c1-15-5-2-3-8-21(15)29-24(31)19(23(30)28-25(29)32)12-16-9-10-22(20(27)13-16)33-14-17-6-4-7-18(26)11-17/h2-13H,14H2,1H3,(H,28,30,32)/b19-12+. The van der Waals surface area contributed by atoms with E-state index in [1.807, 2.05) is 12.1 Å². The zero-order valence-electron chi connectivity index (χ0n) is 17.5. The molecule has 6 nitrogen and oxygen atoms in total. The third-order valence-electron chi connectivity index (χ3n) is 5.01. The Morgan fingerprint density at radius 3 is 2.48 bits per heavy atom. The molecule has 0 spiro atoms. The first kappa shape index (κ1) is 22.6. The number of urea groups is 1. The lowest BCUT2D eigenvalue weighted by molar-refractivity contribution is -0.122. The Morgan fingerprint density at radius 2 is 1.76 bits per heavy atom. The average Bonchev–Trinajstić information content (AvgIpc) is 2.77. The zero-order chi connectivity index (χ0) is 23.5. The van der Waals surface area contributed by atoms with E-state index in [-0.39, 0.29) is 12.2 Å². The summed E-state index contributed by atoms with van der Waals surface area (Å²) >= 11 is 12.3. The second-order valence-corrected chi connectivity index (χ2v) is 8.20. The van der Waals surface area contributed by atoms with Crippen molar-refractivity contribution in [2.75, 3.05) is 4.90 Å². The van der Waals surface area contributed by atoms with Crippen molar-refractivity contribution in [2.45, 2.75) is 13.5 Å². The number of aryl methyl sites for hydroxylation is 1. The summed E-state index contributed by atoms with van der Waals surface area (Å²) in [6.45, 7) is 2.05. The molecule has 8 heteroatoms. The van der Waals surface area contributed by atoms with Gasteiger partial charge in [-0.3, -0.25) is 14.9 Å². The molecule has 1 aliphatic rings. The molecule has 0 saturated carbocycles. The minimum absolute atomic E-state index is 0.179. The molecule has 1 saturated heterocycles. The van der Waals surface area contributed by atoms with Crippen molar-refractivity contribution in [2.24, 2.45) is 0 Å². The first-order chi connectivity index (χ1) is 15.8. The van der Waals surface area contributed by atoms with Crippen LogP contribution in [0, 0.1) is 6.92 Å². The lowest BCUT2D eigenvalue weighted by atomic mass is 10.1. The normalized spacial score (nSPS) is 15.1. The quantitative estimate of drug-likeness (QED) is 0.383. The molecule has 4 rings (SSSR count). The number of para-hydroxylation sites is 1. The number of ether oxygens (including phenoxy) is 1. The number of hydrogen-bond donors (Lipinski definition) is 1. The van der Waals surface area contributed by atoms with Crippen molar-refractivity contribution >= 4 is 52.8 Å². The Bertz CT molecular complexity index is 1300.